The van der Waals surface area contributed by atoms with Crippen molar-refractivity contribution in [2.24, 2.45) is 0 Å². The molecule has 1 aromatic rings. The first-order valence-corrected chi connectivity index (χ1v) is 6.70. The van der Waals surface area contributed by atoms with E-state index in [0.29, 0.717) is 6.61 Å². The highest BCUT2D eigenvalue weighted by Crippen LogP contribution is 2.22. The summed E-state index contributed by atoms with van der Waals surface area (Å²) in [6.07, 6.45) is -0.0865. The van der Waals surface area contributed by atoms with Crippen molar-refractivity contribution in [1.82, 2.24) is 14.7 Å². The van der Waals surface area contributed by atoms with Crippen molar-refractivity contribution in [3.63, 3.8) is 0 Å². The molecule has 5 nitrogen and oxygen atoms in total. The lowest BCUT2D eigenvalue weighted by molar-refractivity contribution is -0.0556. The molecule has 0 radical (unpaired) electrons. The van der Waals surface area contributed by atoms with E-state index in [-0.39, 0.29) is 12.7 Å². The van der Waals surface area contributed by atoms with Gasteiger partial charge in [-0.2, -0.15) is 5.10 Å². The maximum atomic E-state index is 9.14. The minimum Gasteiger partial charge on any atom is -0.394 e. The molecule has 1 aliphatic rings. The number of hydrogen-bond donors (Lipinski definition) is 1. The van der Waals surface area contributed by atoms with Gasteiger partial charge in [-0.05, 0) is 13.8 Å². The molecule has 0 spiro atoms. The molecule has 2 heterocycles. The van der Waals surface area contributed by atoms with Crippen LogP contribution in [0.1, 0.15) is 18.3 Å². The Hall–Kier alpha value is -0.620. The highest BCUT2D eigenvalue weighted by molar-refractivity contribution is 6.31. The lowest BCUT2D eigenvalue weighted by atomic mass is 10.2. The molecule has 0 bridgehead atoms. The highest BCUT2D eigenvalue weighted by atomic mass is 35.5. The third-order valence-electron chi connectivity index (χ3n) is 3.25. The van der Waals surface area contributed by atoms with Crippen molar-refractivity contribution in [1.29, 1.82) is 0 Å². The summed E-state index contributed by atoms with van der Waals surface area (Å²) in [5.74, 6) is 0. The predicted molar refractivity (Wildman–Crippen MR) is 69.8 cm³/mol. The van der Waals surface area contributed by atoms with Gasteiger partial charge in [0.1, 0.15) is 0 Å². The first kappa shape index (κ1) is 13.8. The zero-order valence-corrected chi connectivity index (χ0v) is 11.7. The van der Waals surface area contributed by atoms with Crippen molar-refractivity contribution < 1.29 is 9.84 Å². The number of morpholine rings is 1. The Kier molecular flexibility index (Phi) is 4.61. The molecule has 0 saturated carbocycles. The third kappa shape index (κ3) is 2.85. The van der Waals surface area contributed by atoms with Crippen LogP contribution < -0.4 is 0 Å². The molecule has 18 heavy (non-hydrogen) atoms. The fourth-order valence-electron chi connectivity index (χ4n) is 2.27. The zero-order valence-electron chi connectivity index (χ0n) is 10.9. The summed E-state index contributed by atoms with van der Waals surface area (Å²) in [5, 5.41) is 14.3. The van der Waals surface area contributed by atoms with Gasteiger partial charge in [0.15, 0.2) is 0 Å². The number of aromatic nitrogens is 2. The normalized spacial score (nSPS) is 21.4. The van der Waals surface area contributed by atoms with E-state index in [1.807, 2.05) is 11.6 Å². The Balaban J connectivity index is 2.08. The fraction of sp³-hybridized carbons (Fsp3) is 0.750. The van der Waals surface area contributed by atoms with Gasteiger partial charge in [-0.3, -0.25) is 9.58 Å². The van der Waals surface area contributed by atoms with Crippen molar-refractivity contribution in [3.8, 4) is 0 Å². The van der Waals surface area contributed by atoms with Gasteiger partial charge in [0.25, 0.3) is 0 Å². The van der Waals surface area contributed by atoms with Gasteiger partial charge < -0.3 is 9.84 Å². The maximum Gasteiger partial charge on any atom is 0.0933 e. The summed E-state index contributed by atoms with van der Waals surface area (Å²) in [6.45, 7) is 7.87. The number of nitrogens with zero attached hydrogens (tertiary/aromatic N) is 3. The molecule has 1 unspecified atom stereocenters. The molecule has 0 aromatic carbocycles. The van der Waals surface area contributed by atoms with Crippen LogP contribution in [-0.2, 0) is 17.8 Å². The first-order chi connectivity index (χ1) is 8.65. The lowest BCUT2D eigenvalue weighted by Crippen LogP contribution is -2.43. The van der Waals surface area contributed by atoms with Crippen molar-refractivity contribution in [2.75, 3.05) is 26.3 Å². The molecule has 1 saturated heterocycles. The van der Waals surface area contributed by atoms with Crippen LogP contribution in [0.2, 0.25) is 5.02 Å². The van der Waals surface area contributed by atoms with E-state index in [2.05, 4.69) is 16.9 Å². The second-order valence-electron chi connectivity index (χ2n) is 4.57. The molecular weight excluding hydrogens is 254 g/mol. The predicted octanol–water partition coefficient (Wildman–Crippen LogP) is 1.06. The molecule has 2 rings (SSSR count). The van der Waals surface area contributed by atoms with Gasteiger partial charge >= 0.3 is 0 Å². The lowest BCUT2D eigenvalue weighted by Gasteiger charge is -2.32. The minimum absolute atomic E-state index is 0.0658. The van der Waals surface area contributed by atoms with Gasteiger partial charge in [0.05, 0.1) is 35.7 Å². The average molecular weight is 274 g/mol. The Morgan fingerprint density at radius 1 is 1.56 bits per heavy atom. The van der Waals surface area contributed by atoms with Crippen molar-refractivity contribution in [3.05, 3.63) is 16.4 Å². The summed E-state index contributed by atoms with van der Waals surface area (Å²) < 4.78 is 7.39. The van der Waals surface area contributed by atoms with Crippen LogP contribution in [0.4, 0.5) is 0 Å². The number of aliphatic hydroxyl groups excluding tert-OH is 1. The molecule has 6 heteroatoms. The standard InChI is InChI=1S/C12H20ClN3O2/c1-3-16-11(12(13)9(2)14-16)7-15-4-5-18-10(6-15)8-17/h10,17H,3-8H2,1-2H3. The zero-order chi connectivity index (χ0) is 13.1. The smallest absolute Gasteiger partial charge is 0.0933 e. The van der Waals surface area contributed by atoms with Crippen LogP contribution in [0.3, 0.4) is 0 Å². The first-order valence-electron chi connectivity index (χ1n) is 6.32. The molecular formula is C12H20ClN3O2. The molecule has 0 aliphatic carbocycles. The summed E-state index contributed by atoms with van der Waals surface area (Å²) in [7, 11) is 0. The quantitative estimate of drug-likeness (QED) is 0.891. The van der Waals surface area contributed by atoms with Gasteiger partial charge in [-0.1, -0.05) is 11.6 Å². The average Bonchev–Trinajstić information content (AvgIpc) is 2.67. The monoisotopic (exact) mass is 273 g/mol. The summed E-state index contributed by atoms with van der Waals surface area (Å²) in [5.41, 5.74) is 1.93. The minimum atomic E-state index is -0.0865. The summed E-state index contributed by atoms with van der Waals surface area (Å²) in [4.78, 5) is 2.25. The van der Waals surface area contributed by atoms with E-state index in [0.717, 1.165) is 42.6 Å². The molecule has 1 atom stereocenters. The Labute approximate surface area is 112 Å². The van der Waals surface area contributed by atoms with Crippen LogP contribution in [0, 0.1) is 6.92 Å². The van der Waals surface area contributed by atoms with Crippen molar-refractivity contribution >= 4 is 11.6 Å². The van der Waals surface area contributed by atoms with E-state index in [1.54, 1.807) is 0 Å². The fourth-order valence-corrected chi connectivity index (χ4v) is 2.46. The van der Waals surface area contributed by atoms with Crippen LogP contribution in [0.25, 0.3) is 0 Å². The number of halogens is 1. The summed E-state index contributed by atoms with van der Waals surface area (Å²) >= 11 is 6.29. The third-order valence-corrected chi connectivity index (χ3v) is 3.74. The largest absolute Gasteiger partial charge is 0.394 e. The topological polar surface area (TPSA) is 50.5 Å². The molecule has 102 valence electrons. The number of rotatable bonds is 4. The highest BCUT2D eigenvalue weighted by Gasteiger charge is 2.22. The molecule has 0 amide bonds. The summed E-state index contributed by atoms with van der Waals surface area (Å²) in [6, 6.07) is 0. The molecule has 1 aliphatic heterocycles. The molecule has 1 N–H and O–H groups in total. The Morgan fingerprint density at radius 3 is 3.00 bits per heavy atom. The Bertz CT molecular complexity index is 408. The van der Waals surface area contributed by atoms with Crippen LogP contribution in [0.5, 0.6) is 0 Å². The Morgan fingerprint density at radius 2 is 2.33 bits per heavy atom. The SMILES string of the molecule is CCn1nc(C)c(Cl)c1CN1CCOC(CO)C1. The van der Waals surface area contributed by atoms with Crippen molar-refractivity contribution in [2.45, 2.75) is 33.0 Å². The molecule has 1 aromatic heterocycles. The van der Waals surface area contributed by atoms with Gasteiger partial charge in [0, 0.05) is 26.2 Å². The van der Waals surface area contributed by atoms with E-state index >= 15 is 0 Å². The van der Waals surface area contributed by atoms with E-state index < -0.39 is 0 Å². The van der Waals surface area contributed by atoms with E-state index in [1.165, 1.54) is 0 Å². The second kappa shape index (κ2) is 6.02. The second-order valence-corrected chi connectivity index (χ2v) is 4.95. The number of ether oxygens (including phenoxy) is 1. The molecule has 1 fully saturated rings. The van der Waals surface area contributed by atoms with E-state index in [9.17, 15) is 0 Å². The van der Waals surface area contributed by atoms with Gasteiger partial charge in [0.2, 0.25) is 0 Å². The number of aliphatic hydroxyl groups is 1. The van der Waals surface area contributed by atoms with Crippen LogP contribution in [0.15, 0.2) is 0 Å². The number of aryl methyl sites for hydroxylation is 2. The van der Waals surface area contributed by atoms with Gasteiger partial charge in [-0.15, -0.1) is 0 Å². The maximum absolute atomic E-state index is 9.14. The van der Waals surface area contributed by atoms with Gasteiger partial charge in [-0.25, -0.2) is 0 Å². The van der Waals surface area contributed by atoms with Crippen LogP contribution >= 0.6 is 11.6 Å². The van der Waals surface area contributed by atoms with Crippen LogP contribution in [-0.4, -0.2) is 52.2 Å². The number of hydrogen-bond acceptors (Lipinski definition) is 4. The van der Waals surface area contributed by atoms with E-state index in [4.69, 9.17) is 21.4 Å².